The van der Waals surface area contributed by atoms with E-state index in [2.05, 4.69) is 31.1 Å². The lowest BCUT2D eigenvalue weighted by molar-refractivity contribution is -0.120. The predicted octanol–water partition coefficient (Wildman–Crippen LogP) is 4.64. The zero-order chi connectivity index (χ0) is 18.7. The van der Waals surface area contributed by atoms with Gasteiger partial charge in [0.1, 0.15) is 0 Å². The second-order valence-corrected chi connectivity index (χ2v) is 6.41. The van der Waals surface area contributed by atoms with Gasteiger partial charge in [-0.25, -0.2) is 0 Å². The van der Waals surface area contributed by atoms with Crippen molar-refractivity contribution in [3.05, 3.63) is 46.4 Å². The number of amides is 1. The first-order valence-electron chi connectivity index (χ1n) is 7.70. The summed E-state index contributed by atoms with van der Waals surface area (Å²) in [6, 6.07) is 10.7. The maximum Gasteiger partial charge on any atom is 0.302 e. The average molecular weight is 418 g/mol. The largest absolute Gasteiger partial charge is 0.493 e. The number of hydrogen-bond donors (Lipinski definition) is 2. The summed E-state index contributed by atoms with van der Waals surface area (Å²) in [4.78, 5) is 14.8. The third-order valence-corrected chi connectivity index (χ3v) is 4.23. The number of methoxy groups -OCH3 is 1. The lowest BCUT2D eigenvalue weighted by Crippen LogP contribution is -2.08. The SMILES string of the molecule is COc1cc(Br)ccc1OCC(=O)N=Nc1c(O)[nH]c2c(C)cccc12. The van der Waals surface area contributed by atoms with Crippen LogP contribution in [0.1, 0.15) is 5.56 Å². The Kier molecular flexibility index (Phi) is 5.22. The van der Waals surface area contributed by atoms with Crippen molar-refractivity contribution in [2.75, 3.05) is 13.7 Å². The number of nitrogens with zero attached hydrogens (tertiary/aromatic N) is 2. The molecule has 0 saturated heterocycles. The van der Waals surface area contributed by atoms with Crippen molar-refractivity contribution in [1.29, 1.82) is 0 Å². The summed E-state index contributed by atoms with van der Waals surface area (Å²) in [5.41, 5.74) is 1.93. The maximum atomic E-state index is 12.0. The van der Waals surface area contributed by atoms with Crippen molar-refractivity contribution < 1.29 is 19.4 Å². The number of benzene rings is 2. The molecule has 1 amide bonds. The fraction of sp³-hybridized carbons (Fsp3) is 0.167. The number of nitrogens with one attached hydrogen (secondary N) is 1. The average Bonchev–Trinajstić information content (AvgIpc) is 2.95. The first-order chi connectivity index (χ1) is 12.5. The van der Waals surface area contributed by atoms with E-state index in [1.807, 2.05) is 19.1 Å². The van der Waals surface area contributed by atoms with Crippen LogP contribution in [0.4, 0.5) is 5.69 Å². The van der Waals surface area contributed by atoms with Crippen LogP contribution in [0.25, 0.3) is 10.9 Å². The minimum Gasteiger partial charge on any atom is -0.493 e. The van der Waals surface area contributed by atoms with Crippen LogP contribution in [0.5, 0.6) is 17.4 Å². The number of halogens is 1. The Morgan fingerprint density at radius 2 is 2.08 bits per heavy atom. The van der Waals surface area contributed by atoms with Gasteiger partial charge < -0.3 is 19.6 Å². The van der Waals surface area contributed by atoms with Gasteiger partial charge in [-0.15, -0.1) is 10.2 Å². The highest BCUT2D eigenvalue weighted by Crippen LogP contribution is 2.36. The summed E-state index contributed by atoms with van der Waals surface area (Å²) < 4.78 is 11.5. The zero-order valence-corrected chi connectivity index (χ0v) is 15.7. The van der Waals surface area contributed by atoms with Gasteiger partial charge in [-0.3, -0.25) is 4.79 Å². The number of para-hydroxylation sites is 1. The third kappa shape index (κ3) is 3.70. The molecule has 0 aliphatic carbocycles. The maximum absolute atomic E-state index is 12.0. The predicted molar refractivity (Wildman–Crippen MR) is 100 cm³/mol. The van der Waals surface area contributed by atoms with Crippen LogP contribution in [0.2, 0.25) is 0 Å². The van der Waals surface area contributed by atoms with E-state index in [0.717, 1.165) is 15.6 Å². The smallest absolute Gasteiger partial charge is 0.302 e. The number of azo groups is 1. The number of rotatable bonds is 5. The fourth-order valence-electron chi connectivity index (χ4n) is 2.47. The number of aromatic amines is 1. The number of aromatic hydroxyl groups is 1. The van der Waals surface area contributed by atoms with Crippen LogP contribution in [-0.4, -0.2) is 29.7 Å². The highest BCUT2D eigenvalue weighted by Gasteiger charge is 2.13. The summed E-state index contributed by atoms with van der Waals surface area (Å²) in [6.07, 6.45) is 0. The van der Waals surface area contributed by atoms with Crippen LogP contribution in [0, 0.1) is 6.92 Å². The molecule has 0 saturated carbocycles. The van der Waals surface area contributed by atoms with Gasteiger partial charge in [-0.2, -0.15) is 0 Å². The van der Waals surface area contributed by atoms with E-state index in [9.17, 15) is 9.90 Å². The van der Waals surface area contributed by atoms with Gasteiger partial charge in [0.05, 0.1) is 12.6 Å². The number of aryl methyl sites for hydroxylation is 1. The Hall–Kier alpha value is -2.87. The van der Waals surface area contributed by atoms with Crippen molar-refractivity contribution in [2.24, 2.45) is 10.2 Å². The number of H-pyrrole nitrogens is 1. The molecular weight excluding hydrogens is 402 g/mol. The lowest BCUT2D eigenvalue weighted by Gasteiger charge is -2.09. The number of fused-ring (bicyclic) bond motifs is 1. The van der Waals surface area contributed by atoms with Gasteiger partial charge in [0, 0.05) is 9.86 Å². The Morgan fingerprint density at radius 3 is 2.85 bits per heavy atom. The molecular formula is C18H16BrN3O4. The molecule has 1 aromatic heterocycles. The molecule has 1 heterocycles. The van der Waals surface area contributed by atoms with Gasteiger partial charge in [-0.1, -0.05) is 34.1 Å². The normalized spacial score (nSPS) is 11.2. The summed E-state index contributed by atoms with van der Waals surface area (Å²) in [6.45, 7) is 1.60. The second kappa shape index (κ2) is 7.57. The highest BCUT2D eigenvalue weighted by molar-refractivity contribution is 9.10. The Labute approximate surface area is 157 Å². The van der Waals surface area contributed by atoms with Crippen molar-refractivity contribution in [3.8, 4) is 17.4 Å². The minimum atomic E-state index is -0.587. The third-order valence-electron chi connectivity index (χ3n) is 3.73. The van der Waals surface area contributed by atoms with E-state index in [4.69, 9.17) is 9.47 Å². The Bertz CT molecular complexity index is 998. The molecule has 0 fully saturated rings. The van der Waals surface area contributed by atoms with Crippen molar-refractivity contribution >= 4 is 38.4 Å². The van der Waals surface area contributed by atoms with E-state index < -0.39 is 5.91 Å². The summed E-state index contributed by atoms with van der Waals surface area (Å²) >= 11 is 3.33. The van der Waals surface area contributed by atoms with Gasteiger partial charge in [0.25, 0.3) is 0 Å². The van der Waals surface area contributed by atoms with E-state index in [-0.39, 0.29) is 18.2 Å². The molecule has 0 bridgehead atoms. The van der Waals surface area contributed by atoms with Crippen LogP contribution in [-0.2, 0) is 4.79 Å². The lowest BCUT2D eigenvalue weighted by atomic mass is 10.1. The zero-order valence-electron chi connectivity index (χ0n) is 14.1. The van der Waals surface area contributed by atoms with E-state index >= 15 is 0 Å². The van der Waals surface area contributed by atoms with E-state index in [1.54, 1.807) is 24.3 Å². The van der Waals surface area contributed by atoms with Gasteiger partial charge in [-0.05, 0) is 30.7 Å². The topological polar surface area (TPSA) is 96.3 Å². The number of carbonyl (C=O) groups excluding carboxylic acids is 1. The molecule has 0 aliphatic heterocycles. The molecule has 134 valence electrons. The van der Waals surface area contributed by atoms with Gasteiger partial charge in [0.2, 0.25) is 5.88 Å². The molecule has 0 spiro atoms. The first kappa shape index (κ1) is 17.9. The molecule has 26 heavy (non-hydrogen) atoms. The minimum absolute atomic E-state index is 0.138. The molecule has 2 aromatic carbocycles. The quantitative estimate of drug-likeness (QED) is 0.590. The molecule has 2 N–H and O–H groups in total. The van der Waals surface area contributed by atoms with Crippen LogP contribution in [0.3, 0.4) is 0 Å². The van der Waals surface area contributed by atoms with E-state index in [1.165, 1.54) is 7.11 Å². The van der Waals surface area contributed by atoms with Crippen LogP contribution >= 0.6 is 15.9 Å². The first-order valence-corrected chi connectivity index (χ1v) is 8.50. The Balaban J connectivity index is 1.73. The molecule has 3 rings (SSSR count). The second-order valence-electron chi connectivity index (χ2n) is 5.50. The molecule has 0 radical (unpaired) electrons. The summed E-state index contributed by atoms with van der Waals surface area (Å²) in [5, 5.41) is 18.2. The molecule has 0 aliphatic rings. The molecule has 3 aromatic rings. The Morgan fingerprint density at radius 1 is 1.27 bits per heavy atom. The van der Waals surface area contributed by atoms with Crippen LogP contribution < -0.4 is 9.47 Å². The van der Waals surface area contributed by atoms with Crippen molar-refractivity contribution in [2.45, 2.75) is 6.92 Å². The van der Waals surface area contributed by atoms with Crippen LogP contribution in [0.15, 0.2) is 51.1 Å². The monoisotopic (exact) mass is 417 g/mol. The molecule has 0 unspecified atom stereocenters. The van der Waals surface area contributed by atoms with Gasteiger partial charge >= 0.3 is 5.91 Å². The fourth-order valence-corrected chi connectivity index (χ4v) is 2.81. The van der Waals surface area contributed by atoms with Gasteiger partial charge in [0.15, 0.2) is 23.8 Å². The molecule has 0 atom stereocenters. The highest BCUT2D eigenvalue weighted by atomic mass is 79.9. The standard InChI is InChI=1S/C18H16BrN3O4/c1-10-4-3-5-12-16(10)20-18(24)17(12)22-21-15(23)9-26-13-7-6-11(19)8-14(13)25-2/h3-8,20,24H,9H2,1-2H3. The number of hydrogen-bond acceptors (Lipinski definition) is 5. The molecule has 8 heteroatoms. The summed E-state index contributed by atoms with van der Waals surface area (Å²) in [7, 11) is 1.51. The number of carbonyl (C=O) groups is 1. The molecule has 7 nitrogen and oxygen atoms in total. The van der Waals surface area contributed by atoms with Crippen molar-refractivity contribution in [1.82, 2.24) is 4.98 Å². The number of ether oxygens (including phenoxy) is 2. The summed E-state index contributed by atoms with van der Waals surface area (Å²) in [5.74, 6) is 0.191. The number of aromatic nitrogens is 1. The van der Waals surface area contributed by atoms with E-state index in [0.29, 0.717) is 16.9 Å². The van der Waals surface area contributed by atoms with Crippen molar-refractivity contribution in [3.63, 3.8) is 0 Å².